The van der Waals surface area contributed by atoms with Crippen molar-refractivity contribution in [3.05, 3.63) is 63.6 Å². The molecule has 1 unspecified atom stereocenters. The van der Waals surface area contributed by atoms with Crippen molar-refractivity contribution < 1.29 is 13.5 Å². The van der Waals surface area contributed by atoms with E-state index in [-0.39, 0.29) is 0 Å². The van der Waals surface area contributed by atoms with Crippen molar-refractivity contribution in [2.75, 3.05) is 6.61 Å². The molecule has 0 aliphatic rings. The van der Waals surface area contributed by atoms with Crippen LogP contribution < -0.4 is 10.5 Å². The van der Waals surface area contributed by atoms with E-state index in [2.05, 4.69) is 15.9 Å². The van der Waals surface area contributed by atoms with Gasteiger partial charge in [0.05, 0.1) is 17.1 Å². The first-order valence-corrected chi connectivity index (χ1v) is 6.95. The monoisotopic (exact) mass is 341 g/mol. The molecule has 2 aromatic carbocycles. The number of rotatable bonds is 4. The molecule has 2 rings (SSSR count). The van der Waals surface area contributed by atoms with Gasteiger partial charge < -0.3 is 10.5 Å². The van der Waals surface area contributed by atoms with Crippen molar-refractivity contribution in [1.29, 1.82) is 0 Å². The number of halogens is 3. The van der Waals surface area contributed by atoms with Crippen molar-refractivity contribution in [1.82, 2.24) is 0 Å². The Labute approximate surface area is 124 Å². The zero-order valence-electron chi connectivity index (χ0n) is 10.9. The maximum absolute atomic E-state index is 13.2. The third-order valence-corrected chi connectivity index (χ3v) is 3.54. The summed E-state index contributed by atoms with van der Waals surface area (Å²) in [6.07, 6.45) is 0. The van der Waals surface area contributed by atoms with E-state index in [4.69, 9.17) is 10.5 Å². The molecule has 0 aliphatic carbocycles. The fourth-order valence-corrected chi connectivity index (χ4v) is 2.39. The fraction of sp³-hybridized carbons (Fsp3) is 0.200. The second-order valence-corrected chi connectivity index (χ2v) is 5.13. The normalized spacial score (nSPS) is 12.2. The van der Waals surface area contributed by atoms with Gasteiger partial charge in [-0.05, 0) is 58.2 Å². The molecule has 0 amide bonds. The lowest BCUT2D eigenvalue weighted by Crippen LogP contribution is -2.12. The van der Waals surface area contributed by atoms with Crippen LogP contribution in [-0.2, 0) is 0 Å². The Kier molecular flexibility index (Phi) is 4.73. The molecule has 5 heteroatoms. The van der Waals surface area contributed by atoms with E-state index in [1.165, 1.54) is 6.07 Å². The molecule has 0 saturated carbocycles. The van der Waals surface area contributed by atoms with Crippen LogP contribution in [0.4, 0.5) is 8.78 Å². The summed E-state index contributed by atoms with van der Waals surface area (Å²) in [7, 11) is 0. The number of nitrogens with two attached hydrogens (primary N) is 1. The predicted octanol–water partition coefficient (Wildman–Crippen LogP) is 4.17. The van der Waals surface area contributed by atoms with Crippen LogP contribution in [0.15, 0.2) is 40.9 Å². The molecule has 0 radical (unpaired) electrons. The average molecular weight is 342 g/mol. The Morgan fingerprint density at radius 1 is 1.10 bits per heavy atom. The van der Waals surface area contributed by atoms with Crippen molar-refractivity contribution in [3.8, 4) is 5.75 Å². The lowest BCUT2D eigenvalue weighted by atomic mass is 9.99. The molecule has 0 bridgehead atoms. The topological polar surface area (TPSA) is 35.2 Å². The molecule has 0 spiro atoms. The van der Waals surface area contributed by atoms with Gasteiger partial charge in [-0.2, -0.15) is 0 Å². The fourth-order valence-electron chi connectivity index (χ4n) is 1.88. The minimum atomic E-state index is -0.900. The molecule has 0 heterocycles. The highest BCUT2D eigenvalue weighted by atomic mass is 79.9. The van der Waals surface area contributed by atoms with Gasteiger partial charge in [-0.3, -0.25) is 0 Å². The predicted molar refractivity (Wildman–Crippen MR) is 77.7 cm³/mol. The lowest BCUT2D eigenvalue weighted by Gasteiger charge is -2.15. The summed E-state index contributed by atoms with van der Waals surface area (Å²) in [5.74, 6) is -1.06. The van der Waals surface area contributed by atoms with Crippen LogP contribution in [0, 0.1) is 11.6 Å². The average Bonchev–Trinajstić information content (AvgIpc) is 2.43. The van der Waals surface area contributed by atoms with Crippen LogP contribution in [0.1, 0.15) is 24.1 Å². The molecule has 1 atom stereocenters. The molecule has 2 nitrogen and oxygen atoms in total. The minimum absolute atomic E-state index is 0.514. The first-order valence-electron chi connectivity index (χ1n) is 6.15. The van der Waals surface area contributed by atoms with Crippen LogP contribution in [-0.4, -0.2) is 6.61 Å². The van der Waals surface area contributed by atoms with E-state index < -0.39 is 17.7 Å². The first-order chi connectivity index (χ1) is 9.52. The molecular weight excluding hydrogens is 328 g/mol. The molecular formula is C15H14BrF2NO. The third kappa shape index (κ3) is 3.16. The van der Waals surface area contributed by atoms with Gasteiger partial charge in [0, 0.05) is 0 Å². The highest BCUT2D eigenvalue weighted by molar-refractivity contribution is 9.10. The van der Waals surface area contributed by atoms with E-state index in [9.17, 15) is 8.78 Å². The molecule has 106 valence electrons. The van der Waals surface area contributed by atoms with Crippen molar-refractivity contribution >= 4 is 15.9 Å². The van der Waals surface area contributed by atoms with Crippen LogP contribution >= 0.6 is 15.9 Å². The number of ether oxygens (including phenoxy) is 1. The largest absolute Gasteiger partial charge is 0.493 e. The first kappa shape index (κ1) is 14.9. The Morgan fingerprint density at radius 3 is 2.35 bits per heavy atom. The van der Waals surface area contributed by atoms with E-state index in [0.717, 1.165) is 22.2 Å². The maximum Gasteiger partial charge on any atom is 0.159 e. The van der Waals surface area contributed by atoms with Gasteiger partial charge in [0.2, 0.25) is 0 Å². The maximum atomic E-state index is 13.2. The zero-order chi connectivity index (χ0) is 14.7. The second kappa shape index (κ2) is 6.33. The van der Waals surface area contributed by atoms with Gasteiger partial charge in [-0.25, -0.2) is 8.78 Å². The zero-order valence-corrected chi connectivity index (χ0v) is 12.5. The van der Waals surface area contributed by atoms with E-state index in [1.54, 1.807) is 6.07 Å². The van der Waals surface area contributed by atoms with Crippen LogP contribution in [0.25, 0.3) is 0 Å². The van der Waals surface area contributed by atoms with Crippen LogP contribution in [0.2, 0.25) is 0 Å². The smallest absolute Gasteiger partial charge is 0.159 e. The van der Waals surface area contributed by atoms with Crippen molar-refractivity contribution in [2.24, 2.45) is 5.73 Å². The minimum Gasteiger partial charge on any atom is -0.493 e. The number of benzene rings is 2. The molecule has 20 heavy (non-hydrogen) atoms. The van der Waals surface area contributed by atoms with E-state index in [1.807, 2.05) is 19.1 Å². The van der Waals surface area contributed by atoms with Gasteiger partial charge in [0.1, 0.15) is 5.75 Å². The Balaban J connectivity index is 2.30. The van der Waals surface area contributed by atoms with Crippen molar-refractivity contribution in [3.63, 3.8) is 0 Å². The van der Waals surface area contributed by atoms with E-state index >= 15 is 0 Å². The highest BCUT2D eigenvalue weighted by Gasteiger charge is 2.13. The van der Waals surface area contributed by atoms with Crippen molar-refractivity contribution in [2.45, 2.75) is 13.0 Å². The van der Waals surface area contributed by atoms with Crippen LogP contribution in [0.5, 0.6) is 5.75 Å². The van der Waals surface area contributed by atoms with Crippen LogP contribution in [0.3, 0.4) is 0 Å². The molecule has 0 aliphatic heterocycles. The van der Waals surface area contributed by atoms with E-state index in [0.29, 0.717) is 17.9 Å². The second-order valence-electron chi connectivity index (χ2n) is 4.27. The number of hydrogen-bond donors (Lipinski definition) is 1. The summed E-state index contributed by atoms with van der Waals surface area (Å²) in [5, 5.41) is 0. The third-order valence-electron chi connectivity index (χ3n) is 2.92. The van der Waals surface area contributed by atoms with Gasteiger partial charge in [0.25, 0.3) is 0 Å². The number of hydrogen-bond acceptors (Lipinski definition) is 2. The summed E-state index contributed by atoms with van der Waals surface area (Å²) in [6.45, 7) is 2.46. The molecule has 0 fully saturated rings. The van der Waals surface area contributed by atoms with Gasteiger partial charge in [0.15, 0.2) is 11.6 Å². The van der Waals surface area contributed by atoms with Gasteiger partial charge in [-0.1, -0.05) is 12.1 Å². The Morgan fingerprint density at radius 2 is 1.75 bits per heavy atom. The Bertz CT molecular complexity index is 619. The molecule has 0 aromatic heterocycles. The van der Waals surface area contributed by atoms with Gasteiger partial charge in [-0.15, -0.1) is 0 Å². The molecule has 0 saturated heterocycles. The van der Waals surface area contributed by atoms with Gasteiger partial charge >= 0.3 is 0 Å². The Hall–Kier alpha value is -1.46. The molecule has 2 aromatic rings. The SMILES string of the molecule is CCOc1ccc(C(N)c2ccc(F)c(F)c2)cc1Br. The quantitative estimate of drug-likeness (QED) is 0.905. The lowest BCUT2D eigenvalue weighted by molar-refractivity contribution is 0.338. The standard InChI is InChI=1S/C15H14BrF2NO/c1-2-20-14-6-4-9(7-11(14)16)15(19)10-3-5-12(17)13(18)8-10/h3-8,15H,2,19H2,1H3. The summed E-state index contributed by atoms with van der Waals surface area (Å²) >= 11 is 3.40. The summed E-state index contributed by atoms with van der Waals surface area (Å²) in [5.41, 5.74) is 7.37. The summed E-state index contributed by atoms with van der Waals surface area (Å²) < 4.78 is 32.4. The molecule has 2 N–H and O–H groups in total. The summed E-state index contributed by atoms with van der Waals surface area (Å²) in [4.78, 5) is 0. The summed E-state index contributed by atoms with van der Waals surface area (Å²) in [6, 6.07) is 8.56. The highest BCUT2D eigenvalue weighted by Crippen LogP contribution is 2.30.